The van der Waals surface area contributed by atoms with Crippen molar-refractivity contribution in [2.24, 2.45) is 0 Å². The van der Waals surface area contributed by atoms with Gasteiger partial charge in [0.15, 0.2) is 11.5 Å². The highest BCUT2D eigenvalue weighted by Gasteiger charge is 2.19. The minimum atomic E-state index is 0.0648. The Morgan fingerprint density at radius 2 is 1.67 bits per heavy atom. The summed E-state index contributed by atoms with van der Waals surface area (Å²) in [6.45, 7) is 1.36. The third-order valence-corrected chi connectivity index (χ3v) is 6.40. The first-order chi connectivity index (χ1) is 17.6. The van der Waals surface area contributed by atoms with Gasteiger partial charge in [-0.25, -0.2) is 4.98 Å². The van der Waals surface area contributed by atoms with Gasteiger partial charge in [0.2, 0.25) is 5.75 Å². The van der Waals surface area contributed by atoms with Crippen molar-refractivity contribution in [2.75, 3.05) is 34.5 Å². The van der Waals surface area contributed by atoms with Gasteiger partial charge >= 0.3 is 0 Å². The molecule has 184 valence electrons. The number of nitriles is 1. The molecule has 3 heterocycles. The summed E-state index contributed by atoms with van der Waals surface area (Å²) in [5, 5.41) is 10.7. The molecule has 0 unspecified atom stereocenters. The summed E-state index contributed by atoms with van der Waals surface area (Å²) >= 11 is 0. The topological polar surface area (TPSA) is 98.6 Å². The second-order valence-electron chi connectivity index (χ2n) is 8.49. The van der Waals surface area contributed by atoms with Crippen molar-refractivity contribution in [1.82, 2.24) is 9.97 Å². The van der Waals surface area contributed by atoms with Crippen LogP contribution < -0.4 is 18.9 Å². The van der Waals surface area contributed by atoms with Crippen LogP contribution in [0, 0.1) is 11.3 Å². The van der Waals surface area contributed by atoms with E-state index >= 15 is 0 Å². The van der Waals surface area contributed by atoms with Crippen LogP contribution in [0.4, 0.5) is 0 Å². The van der Waals surface area contributed by atoms with Crippen molar-refractivity contribution in [1.29, 1.82) is 5.26 Å². The van der Waals surface area contributed by atoms with Crippen LogP contribution in [-0.2, 0) is 4.74 Å². The van der Waals surface area contributed by atoms with Crippen molar-refractivity contribution < 1.29 is 23.7 Å². The van der Waals surface area contributed by atoms with Crippen LogP contribution in [-0.4, -0.2) is 50.6 Å². The highest BCUT2D eigenvalue weighted by atomic mass is 16.5. The quantitative estimate of drug-likeness (QED) is 0.377. The van der Waals surface area contributed by atoms with Gasteiger partial charge in [0.1, 0.15) is 23.6 Å². The molecule has 0 amide bonds. The third-order valence-electron chi connectivity index (χ3n) is 6.40. The van der Waals surface area contributed by atoms with E-state index in [1.54, 1.807) is 27.5 Å². The summed E-state index contributed by atoms with van der Waals surface area (Å²) in [6, 6.07) is 13.9. The van der Waals surface area contributed by atoms with Gasteiger partial charge in [-0.2, -0.15) is 5.26 Å². The van der Waals surface area contributed by atoms with Crippen LogP contribution in [0.3, 0.4) is 0 Å². The standard InChI is InChI=1S/C28H27N3O5/c1-32-25-12-18(13-26(33-2)27(25)34-3)20-11-22-23(16-31-28(22)30-15-20)17-4-5-24(19(10-17)14-29)36-21-6-8-35-9-7-21/h4-5,10-13,15-16,21H,6-9H2,1-3H3,(H,30,31). The number of hydrogen-bond donors (Lipinski definition) is 1. The lowest BCUT2D eigenvalue weighted by Gasteiger charge is -2.23. The van der Waals surface area contributed by atoms with E-state index in [0.29, 0.717) is 41.8 Å². The number of nitrogens with one attached hydrogen (secondary N) is 1. The summed E-state index contributed by atoms with van der Waals surface area (Å²) in [5.74, 6) is 2.27. The van der Waals surface area contributed by atoms with Gasteiger partial charge in [-0.3, -0.25) is 0 Å². The van der Waals surface area contributed by atoms with E-state index in [2.05, 4.69) is 22.1 Å². The Labute approximate surface area is 209 Å². The van der Waals surface area contributed by atoms with E-state index in [1.807, 2.05) is 36.5 Å². The Bertz CT molecular complexity index is 1410. The largest absolute Gasteiger partial charge is 0.493 e. The number of pyridine rings is 1. The first-order valence-electron chi connectivity index (χ1n) is 11.7. The van der Waals surface area contributed by atoms with Crippen LogP contribution in [0.1, 0.15) is 18.4 Å². The predicted octanol–water partition coefficient (Wildman–Crippen LogP) is 5.35. The molecule has 8 nitrogen and oxygen atoms in total. The molecule has 1 N–H and O–H groups in total. The highest BCUT2D eigenvalue weighted by Crippen LogP contribution is 2.42. The van der Waals surface area contributed by atoms with Gasteiger partial charge in [0, 0.05) is 41.7 Å². The maximum absolute atomic E-state index is 9.81. The molecule has 0 aliphatic carbocycles. The predicted molar refractivity (Wildman–Crippen MR) is 136 cm³/mol. The summed E-state index contributed by atoms with van der Waals surface area (Å²) in [6.07, 6.45) is 5.42. The first kappa shape index (κ1) is 23.5. The molecular formula is C28H27N3O5. The van der Waals surface area contributed by atoms with E-state index in [1.165, 1.54) is 0 Å². The van der Waals surface area contributed by atoms with E-state index in [-0.39, 0.29) is 6.10 Å². The zero-order chi connectivity index (χ0) is 25.1. The second kappa shape index (κ2) is 10.2. The Kier molecular flexibility index (Phi) is 6.65. The van der Waals surface area contributed by atoms with Crippen molar-refractivity contribution in [3.63, 3.8) is 0 Å². The molecule has 0 bridgehead atoms. The lowest BCUT2D eigenvalue weighted by Crippen LogP contribution is -2.26. The molecule has 2 aromatic carbocycles. The van der Waals surface area contributed by atoms with Crippen LogP contribution in [0.25, 0.3) is 33.3 Å². The van der Waals surface area contributed by atoms with Crippen molar-refractivity contribution in [2.45, 2.75) is 18.9 Å². The Balaban J connectivity index is 1.53. The fraction of sp³-hybridized carbons (Fsp3) is 0.286. The number of methoxy groups -OCH3 is 3. The van der Waals surface area contributed by atoms with Gasteiger partial charge < -0.3 is 28.7 Å². The minimum Gasteiger partial charge on any atom is -0.493 e. The lowest BCUT2D eigenvalue weighted by molar-refractivity contribution is 0.0254. The number of rotatable bonds is 7. The fourth-order valence-corrected chi connectivity index (χ4v) is 4.51. The number of aromatic nitrogens is 2. The molecule has 2 aromatic heterocycles. The number of hydrogen-bond acceptors (Lipinski definition) is 7. The van der Waals surface area contributed by atoms with E-state index in [4.69, 9.17) is 23.7 Å². The van der Waals surface area contributed by atoms with E-state index in [0.717, 1.165) is 46.1 Å². The smallest absolute Gasteiger partial charge is 0.203 e. The Hall–Kier alpha value is -4.22. The molecule has 0 radical (unpaired) electrons. The second-order valence-corrected chi connectivity index (χ2v) is 8.49. The van der Waals surface area contributed by atoms with Gasteiger partial charge in [-0.15, -0.1) is 0 Å². The summed E-state index contributed by atoms with van der Waals surface area (Å²) in [7, 11) is 4.76. The number of fused-ring (bicyclic) bond motifs is 1. The van der Waals surface area contributed by atoms with Crippen LogP contribution in [0.15, 0.2) is 48.8 Å². The number of benzene rings is 2. The van der Waals surface area contributed by atoms with Crippen LogP contribution in [0.5, 0.6) is 23.0 Å². The summed E-state index contributed by atoms with van der Waals surface area (Å²) < 4.78 is 28.0. The fourth-order valence-electron chi connectivity index (χ4n) is 4.51. The Morgan fingerprint density at radius 1 is 0.917 bits per heavy atom. The molecule has 4 aromatic rings. The lowest BCUT2D eigenvalue weighted by atomic mass is 10.00. The average Bonchev–Trinajstić information content (AvgIpc) is 3.36. The summed E-state index contributed by atoms with van der Waals surface area (Å²) in [5.41, 5.74) is 4.87. The molecule has 8 heteroatoms. The van der Waals surface area contributed by atoms with Crippen LogP contribution >= 0.6 is 0 Å². The van der Waals surface area contributed by atoms with Crippen LogP contribution in [0.2, 0.25) is 0 Å². The third kappa shape index (κ3) is 4.41. The molecule has 1 aliphatic heterocycles. The maximum Gasteiger partial charge on any atom is 0.203 e. The molecule has 36 heavy (non-hydrogen) atoms. The number of H-pyrrole nitrogens is 1. The first-order valence-corrected chi connectivity index (χ1v) is 11.7. The molecule has 1 fully saturated rings. The maximum atomic E-state index is 9.81. The van der Waals surface area contributed by atoms with E-state index in [9.17, 15) is 5.26 Å². The molecule has 1 aliphatic rings. The minimum absolute atomic E-state index is 0.0648. The van der Waals surface area contributed by atoms with Gasteiger partial charge in [0.05, 0.1) is 40.1 Å². The number of nitrogens with zero attached hydrogens (tertiary/aromatic N) is 2. The highest BCUT2D eigenvalue weighted by molar-refractivity contribution is 5.96. The zero-order valence-corrected chi connectivity index (χ0v) is 20.5. The monoisotopic (exact) mass is 485 g/mol. The Morgan fingerprint density at radius 3 is 2.33 bits per heavy atom. The number of aromatic amines is 1. The average molecular weight is 486 g/mol. The molecule has 5 rings (SSSR count). The van der Waals surface area contributed by atoms with Crippen molar-refractivity contribution >= 4 is 11.0 Å². The molecule has 1 saturated heterocycles. The summed E-state index contributed by atoms with van der Waals surface area (Å²) in [4.78, 5) is 7.86. The van der Waals surface area contributed by atoms with E-state index < -0.39 is 0 Å². The zero-order valence-electron chi connectivity index (χ0n) is 20.5. The van der Waals surface area contributed by atoms with Crippen molar-refractivity contribution in [3.05, 3.63) is 54.4 Å². The molecule has 0 spiro atoms. The number of ether oxygens (including phenoxy) is 5. The van der Waals surface area contributed by atoms with Gasteiger partial charge in [0.25, 0.3) is 0 Å². The molecule has 0 saturated carbocycles. The normalized spacial score (nSPS) is 13.8. The molecule has 0 atom stereocenters. The van der Waals surface area contributed by atoms with Gasteiger partial charge in [-0.05, 0) is 41.5 Å². The van der Waals surface area contributed by atoms with Gasteiger partial charge in [-0.1, -0.05) is 6.07 Å². The SMILES string of the molecule is COc1cc(-c2cnc3[nH]cc(-c4ccc(OC5CCOCC5)c(C#N)c4)c3c2)cc(OC)c1OC. The molecular weight excluding hydrogens is 458 g/mol. The van der Waals surface area contributed by atoms with Crippen molar-refractivity contribution in [3.8, 4) is 51.3 Å².